The first-order chi connectivity index (χ1) is 7.52. The molecule has 2 rings (SSSR count). The summed E-state index contributed by atoms with van der Waals surface area (Å²) in [6.07, 6.45) is 0. The molecule has 0 bridgehead atoms. The molecule has 0 saturated heterocycles. The van der Waals surface area contributed by atoms with E-state index in [9.17, 15) is 4.79 Å². The molecule has 0 aliphatic carbocycles. The molecule has 1 N–H and O–H groups in total. The number of fused-ring (bicyclic) bond motifs is 1. The summed E-state index contributed by atoms with van der Waals surface area (Å²) < 4.78 is 1.94. The highest BCUT2D eigenvalue weighted by Gasteiger charge is 2.29. The van der Waals surface area contributed by atoms with Gasteiger partial charge < -0.3 is 9.67 Å². The summed E-state index contributed by atoms with van der Waals surface area (Å²) in [5, 5.41) is 9.09. The van der Waals surface area contributed by atoms with Crippen LogP contribution >= 0.6 is 0 Å². The number of carbonyl (C=O) groups is 1. The Kier molecular flexibility index (Phi) is 2.76. The van der Waals surface area contributed by atoms with E-state index in [1.54, 1.807) is 6.07 Å². The quantitative estimate of drug-likeness (QED) is 0.830. The van der Waals surface area contributed by atoms with Crippen LogP contribution in [0.25, 0.3) is 0 Å². The molecular formula is C12H18N2O2. The van der Waals surface area contributed by atoms with Crippen molar-refractivity contribution in [3.63, 3.8) is 0 Å². The standard InChI is InChI=1S/C12H18N2O2/c1-8(2)11-9-4-5-10(12(15)16)14(9)7-6-13(11)3/h4-5,8,11H,6-7H2,1-3H3,(H,15,16). The molecule has 1 aromatic heterocycles. The van der Waals surface area contributed by atoms with Crippen molar-refractivity contribution in [2.75, 3.05) is 13.6 Å². The first kappa shape index (κ1) is 11.2. The second-order valence-electron chi connectivity index (χ2n) is 4.77. The Balaban J connectivity index is 2.46. The van der Waals surface area contributed by atoms with Gasteiger partial charge in [-0.05, 0) is 25.1 Å². The van der Waals surface area contributed by atoms with Crippen molar-refractivity contribution in [3.05, 3.63) is 23.5 Å². The summed E-state index contributed by atoms with van der Waals surface area (Å²) in [5.74, 6) is -0.348. The SMILES string of the molecule is CC(C)C1c2ccc(C(=O)O)n2CCN1C. The number of likely N-dealkylation sites (N-methyl/N-ethyl adjacent to an activating group) is 1. The minimum atomic E-state index is -0.835. The van der Waals surface area contributed by atoms with Gasteiger partial charge in [0.25, 0.3) is 0 Å². The molecule has 2 heterocycles. The molecule has 4 heteroatoms. The zero-order chi connectivity index (χ0) is 11.9. The van der Waals surface area contributed by atoms with Crippen LogP contribution in [0.5, 0.6) is 0 Å². The molecule has 16 heavy (non-hydrogen) atoms. The van der Waals surface area contributed by atoms with Crippen LogP contribution in [0.1, 0.15) is 36.1 Å². The minimum absolute atomic E-state index is 0.321. The molecular weight excluding hydrogens is 204 g/mol. The lowest BCUT2D eigenvalue weighted by atomic mass is 9.98. The molecule has 1 aliphatic heterocycles. The topological polar surface area (TPSA) is 45.5 Å². The number of rotatable bonds is 2. The third-order valence-electron chi connectivity index (χ3n) is 3.32. The van der Waals surface area contributed by atoms with E-state index in [2.05, 4.69) is 25.8 Å². The summed E-state index contributed by atoms with van der Waals surface area (Å²) in [6, 6.07) is 3.98. The Bertz CT molecular complexity index is 409. The van der Waals surface area contributed by atoms with Crippen LogP contribution < -0.4 is 0 Å². The number of nitrogens with zero attached hydrogens (tertiary/aromatic N) is 2. The van der Waals surface area contributed by atoms with Gasteiger partial charge in [0.15, 0.2) is 0 Å². The summed E-state index contributed by atoms with van der Waals surface area (Å²) in [4.78, 5) is 13.4. The molecule has 4 nitrogen and oxygen atoms in total. The number of carboxylic acid groups (broad SMARTS) is 1. The third kappa shape index (κ3) is 1.63. The third-order valence-corrected chi connectivity index (χ3v) is 3.32. The maximum Gasteiger partial charge on any atom is 0.352 e. The largest absolute Gasteiger partial charge is 0.477 e. The zero-order valence-electron chi connectivity index (χ0n) is 9.97. The van der Waals surface area contributed by atoms with Crippen LogP contribution in [0.15, 0.2) is 12.1 Å². The second-order valence-corrected chi connectivity index (χ2v) is 4.77. The molecule has 1 aliphatic rings. The Morgan fingerprint density at radius 2 is 2.12 bits per heavy atom. The van der Waals surface area contributed by atoms with Crippen molar-refractivity contribution < 1.29 is 9.90 Å². The molecule has 0 spiro atoms. The molecule has 1 aromatic rings. The van der Waals surface area contributed by atoms with Gasteiger partial charge in [0.2, 0.25) is 0 Å². The first-order valence-electron chi connectivity index (χ1n) is 5.65. The maximum absolute atomic E-state index is 11.1. The second kappa shape index (κ2) is 3.94. The number of aromatic nitrogens is 1. The van der Waals surface area contributed by atoms with Gasteiger partial charge in [-0.15, -0.1) is 0 Å². The van der Waals surface area contributed by atoms with E-state index < -0.39 is 5.97 Å². The van der Waals surface area contributed by atoms with Crippen LogP contribution in [-0.4, -0.2) is 34.1 Å². The van der Waals surface area contributed by atoms with Crippen molar-refractivity contribution in [3.8, 4) is 0 Å². The van der Waals surface area contributed by atoms with Crippen molar-refractivity contribution in [1.29, 1.82) is 0 Å². The van der Waals surface area contributed by atoms with Crippen LogP contribution in [-0.2, 0) is 6.54 Å². The van der Waals surface area contributed by atoms with Crippen LogP contribution in [0.3, 0.4) is 0 Å². The van der Waals surface area contributed by atoms with Crippen LogP contribution in [0.2, 0.25) is 0 Å². The van der Waals surface area contributed by atoms with E-state index in [0.717, 1.165) is 18.8 Å². The van der Waals surface area contributed by atoms with Crippen LogP contribution in [0, 0.1) is 5.92 Å². The fourth-order valence-electron chi connectivity index (χ4n) is 2.65. The van der Waals surface area contributed by atoms with Crippen molar-refractivity contribution in [2.24, 2.45) is 5.92 Å². The Labute approximate surface area is 95.5 Å². The van der Waals surface area contributed by atoms with Gasteiger partial charge in [-0.25, -0.2) is 4.79 Å². The summed E-state index contributed by atoms with van der Waals surface area (Å²) >= 11 is 0. The molecule has 88 valence electrons. The summed E-state index contributed by atoms with van der Waals surface area (Å²) in [7, 11) is 2.10. The fourth-order valence-corrected chi connectivity index (χ4v) is 2.65. The lowest BCUT2D eigenvalue weighted by molar-refractivity contribution is 0.0676. The highest BCUT2D eigenvalue weighted by atomic mass is 16.4. The van der Waals surface area contributed by atoms with E-state index in [1.165, 1.54) is 0 Å². The normalized spacial score (nSPS) is 21.1. The number of aromatic carboxylic acids is 1. The molecule has 1 unspecified atom stereocenters. The number of carboxylic acids is 1. The van der Waals surface area contributed by atoms with Crippen molar-refractivity contribution in [1.82, 2.24) is 9.47 Å². The minimum Gasteiger partial charge on any atom is -0.477 e. The predicted octanol–water partition coefficient (Wildman–Crippen LogP) is 1.83. The van der Waals surface area contributed by atoms with Crippen LogP contribution in [0.4, 0.5) is 0 Å². The monoisotopic (exact) mass is 222 g/mol. The van der Waals surface area contributed by atoms with Gasteiger partial charge in [0.05, 0.1) is 6.04 Å². The molecule has 1 atom stereocenters. The van der Waals surface area contributed by atoms with Gasteiger partial charge >= 0.3 is 5.97 Å². The maximum atomic E-state index is 11.1. The molecule has 0 saturated carbocycles. The highest BCUT2D eigenvalue weighted by Crippen LogP contribution is 2.32. The van der Waals surface area contributed by atoms with Gasteiger partial charge in [-0.1, -0.05) is 13.8 Å². The summed E-state index contributed by atoms with van der Waals surface area (Å²) in [5.41, 5.74) is 1.54. The molecule has 0 radical (unpaired) electrons. The molecule has 0 amide bonds. The van der Waals surface area contributed by atoms with Gasteiger partial charge in [0, 0.05) is 18.8 Å². The van der Waals surface area contributed by atoms with E-state index >= 15 is 0 Å². The molecule has 0 aromatic carbocycles. The Morgan fingerprint density at radius 3 is 2.69 bits per heavy atom. The average Bonchev–Trinajstić information content (AvgIpc) is 2.59. The lowest BCUT2D eigenvalue weighted by Gasteiger charge is -2.37. The van der Waals surface area contributed by atoms with Crippen molar-refractivity contribution >= 4 is 5.97 Å². The lowest BCUT2D eigenvalue weighted by Crippen LogP contribution is -2.38. The summed E-state index contributed by atoms with van der Waals surface area (Å²) in [6.45, 7) is 6.02. The van der Waals surface area contributed by atoms with Gasteiger partial charge in [0.1, 0.15) is 5.69 Å². The fraction of sp³-hybridized carbons (Fsp3) is 0.583. The smallest absolute Gasteiger partial charge is 0.352 e. The Hall–Kier alpha value is -1.29. The average molecular weight is 222 g/mol. The van der Waals surface area contributed by atoms with E-state index in [-0.39, 0.29) is 0 Å². The van der Waals surface area contributed by atoms with Gasteiger partial charge in [-0.2, -0.15) is 0 Å². The van der Waals surface area contributed by atoms with Crippen molar-refractivity contribution in [2.45, 2.75) is 26.4 Å². The van der Waals surface area contributed by atoms with E-state index in [1.807, 2.05) is 10.6 Å². The number of hydrogen-bond donors (Lipinski definition) is 1. The zero-order valence-corrected chi connectivity index (χ0v) is 9.97. The Morgan fingerprint density at radius 1 is 1.44 bits per heavy atom. The predicted molar refractivity (Wildman–Crippen MR) is 61.6 cm³/mol. The highest BCUT2D eigenvalue weighted by molar-refractivity contribution is 5.86. The van der Waals surface area contributed by atoms with E-state index in [0.29, 0.717) is 17.7 Å². The molecule has 0 fully saturated rings. The van der Waals surface area contributed by atoms with E-state index in [4.69, 9.17) is 5.11 Å². The van der Waals surface area contributed by atoms with Gasteiger partial charge in [-0.3, -0.25) is 4.90 Å². The number of hydrogen-bond acceptors (Lipinski definition) is 2. The first-order valence-corrected chi connectivity index (χ1v) is 5.65.